The second-order valence-electron chi connectivity index (χ2n) is 5.85. The van der Waals surface area contributed by atoms with Crippen LogP contribution in [0.4, 0.5) is 0 Å². The monoisotopic (exact) mass is 281 g/mol. The third kappa shape index (κ3) is 3.95. The SMILES string of the molecule is CC1CCCC(NCC(O)c2ccc(Cl)cc2)C1C. The van der Waals surface area contributed by atoms with Crippen LogP contribution in [0.3, 0.4) is 0 Å². The number of aliphatic hydroxyl groups excluding tert-OH is 1. The lowest BCUT2D eigenvalue weighted by molar-refractivity contribution is 0.145. The van der Waals surface area contributed by atoms with Crippen LogP contribution in [0.5, 0.6) is 0 Å². The number of rotatable bonds is 4. The van der Waals surface area contributed by atoms with E-state index in [2.05, 4.69) is 19.2 Å². The van der Waals surface area contributed by atoms with E-state index in [-0.39, 0.29) is 0 Å². The van der Waals surface area contributed by atoms with Crippen molar-refractivity contribution in [3.8, 4) is 0 Å². The molecule has 0 radical (unpaired) electrons. The molecule has 0 amide bonds. The summed E-state index contributed by atoms with van der Waals surface area (Å²) in [6.07, 6.45) is 3.39. The Hall–Kier alpha value is -0.570. The Morgan fingerprint density at radius 3 is 2.63 bits per heavy atom. The Labute approximate surface area is 121 Å². The lowest BCUT2D eigenvalue weighted by atomic mass is 9.78. The van der Waals surface area contributed by atoms with Crippen molar-refractivity contribution in [2.45, 2.75) is 45.3 Å². The molecule has 3 heteroatoms. The van der Waals surface area contributed by atoms with Gasteiger partial charge < -0.3 is 10.4 Å². The maximum atomic E-state index is 10.2. The molecule has 19 heavy (non-hydrogen) atoms. The number of aliphatic hydroxyl groups is 1. The third-order valence-electron chi connectivity index (χ3n) is 4.54. The van der Waals surface area contributed by atoms with Crippen LogP contribution in [0, 0.1) is 11.8 Å². The number of benzene rings is 1. The molecule has 0 bridgehead atoms. The Kier molecular flexibility index (Phi) is 5.26. The van der Waals surface area contributed by atoms with Crippen molar-refractivity contribution < 1.29 is 5.11 Å². The molecule has 2 nitrogen and oxygen atoms in total. The van der Waals surface area contributed by atoms with E-state index in [1.165, 1.54) is 19.3 Å². The zero-order valence-corrected chi connectivity index (χ0v) is 12.5. The van der Waals surface area contributed by atoms with Gasteiger partial charge in [-0.1, -0.05) is 50.4 Å². The van der Waals surface area contributed by atoms with Crippen molar-refractivity contribution in [2.24, 2.45) is 11.8 Å². The van der Waals surface area contributed by atoms with E-state index in [1.54, 1.807) is 0 Å². The quantitative estimate of drug-likeness (QED) is 0.880. The molecule has 0 heterocycles. The van der Waals surface area contributed by atoms with Crippen LogP contribution in [-0.2, 0) is 0 Å². The Morgan fingerprint density at radius 1 is 1.26 bits per heavy atom. The maximum Gasteiger partial charge on any atom is 0.0914 e. The van der Waals surface area contributed by atoms with E-state index in [4.69, 9.17) is 11.6 Å². The van der Waals surface area contributed by atoms with Crippen LogP contribution in [0.2, 0.25) is 5.02 Å². The van der Waals surface area contributed by atoms with Gasteiger partial charge in [0.15, 0.2) is 0 Å². The van der Waals surface area contributed by atoms with Gasteiger partial charge in [0.05, 0.1) is 6.10 Å². The molecule has 0 spiro atoms. The summed E-state index contributed by atoms with van der Waals surface area (Å²) in [6.45, 7) is 5.26. The topological polar surface area (TPSA) is 32.3 Å². The fourth-order valence-electron chi connectivity index (χ4n) is 2.94. The molecule has 0 aromatic heterocycles. The van der Waals surface area contributed by atoms with E-state index >= 15 is 0 Å². The minimum Gasteiger partial charge on any atom is -0.387 e. The van der Waals surface area contributed by atoms with Crippen LogP contribution >= 0.6 is 11.6 Å². The molecule has 1 aromatic rings. The number of hydrogen-bond acceptors (Lipinski definition) is 2. The van der Waals surface area contributed by atoms with E-state index in [9.17, 15) is 5.11 Å². The van der Waals surface area contributed by atoms with Crippen molar-refractivity contribution in [2.75, 3.05) is 6.54 Å². The van der Waals surface area contributed by atoms with Crippen molar-refractivity contribution in [1.82, 2.24) is 5.32 Å². The molecular formula is C16H24ClNO. The average Bonchev–Trinajstić information content (AvgIpc) is 2.41. The molecule has 4 atom stereocenters. The zero-order valence-electron chi connectivity index (χ0n) is 11.8. The predicted octanol–water partition coefficient (Wildman–Crippen LogP) is 3.79. The minimum absolute atomic E-state index is 0.457. The van der Waals surface area contributed by atoms with Gasteiger partial charge in [0, 0.05) is 17.6 Å². The van der Waals surface area contributed by atoms with Gasteiger partial charge in [0.1, 0.15) is 0 Å². The normalized spacial score (nSPS) is 29.2. The Morgan fingerprint density at radius 2 is 1.95 bits per heavy atom. The lowest BCUT2D eigenvalue weighted by Crippen LogP contribution is -2.42. The van der Waals surface area contributed by atoms with Crippen molar-refractivity contribution in [3.63, 3.8) is 0 Å². The van der Waals surface area contributed by atoms with Crippen LogP contribution in [0.15, 0.2) is 24.3 Å². The van der Waals surface area contributed by atoms with Gasteiger partial charge >= 0.3 is 0 Å². The smallest absolute Gasteiger partial charge is 0.0914 e. The highest BCUT2D eigenvalue weighted by Gasteiger charge is 2.26. The fourth-order valence-corrected chi connectivity index (χ4v) is 3.06. The molecule has 1 aliphatic carbocycles. The average molecular weight is 282 g/mol. The second kappa shape index (κ2) is 6.74. The molecule has 1 aromatic carbocycles. The number of hydrogen-bond donors (Lipinski definition) is 2. The highest BCUT2D eigenvalue weighted by atomic mass is 35.5. The van der Waals surface area contributed by atoms with Gasteiger partial charge in [-0.25, -0.2) is 0 Å². The van der Waals surface area contributed by atoms with E-state index in [1.807, 2.05) is 24.3 Å². The summed E-state index contributed by atoms with van der Waals surface area (Å²) in [4.78, 5) is 0. The van der Waals surface area contributed by atoms with Crippen molar-refractivity contribution in [3.05, 3.63) is 34.9 Å². The molecule has 1 fully saturated rings. The van der Waals surface area contributed by atoms with Gasteiger partial charge in [-0.15, -0.1) is 0 Å². The molecule has 1 aliphatic rings. The Balaban J connectivity index is 1.86. The summed E-state index contributed by atoms with van der Waals surface area (Å²) in [5, 5.41) is 14.4. The van der Waals surface area contributed by atoms with E-state index in [0.29, 0.717) is 23.5 Å². The first-order valence-corrected chi connectivity index (χ1v) is 7.62. The van der Waals surface area contributed by atoms with Crippen molar-refractivity contribution in [1.29, 1.82) is 0 Å². The summed E-state index contributed by atoms with van der Waals surface area (Å²) in [5.41, 5.74) is 0.924. The van der Waals surface area contributed by atoms with Gasteiger partial charge in [-0.2, -0.15) is 0 Å². The minimum atomic E-state index is -0.457. The standard InChI is InChI=1S/C16H24ClNO/c1-11-4-3-5-15(12(11)2)18-10-16(19)13-6-8-14(17)9-7-13/h6-9,11-12,15-16,18-19H,3-5,10H2,1-2H3. The Bertz CT molecular complexity index is 392. The number of nitrogens with one attached hydrogen (secondary N) is 1. The summed E-state index contributed by atoms with van der Waals surface area (Å²) >= 11 is 5.85. The maximum absolute atomic E-state index is 10.2. The van der Waals surface area contributed by atoms with Gasteiger partial charge in [-0.3, -0.25) is 0 Å². The first-order valence-electron chi connectivity index (χ1n) is 7.25. The van der Waals surface area contributed by atoms with Gasteiger partial charge in [-0.05, 0) is 36.0 Å². The first-order chi connectivity index (χ1) is 9.08. The van der Waals surface area contributed by atoms with Crippen molar-refractivity contribution >= 4 is 11.6 Å². The van der Waals surface area contributed by atoms with Crippen LogP contribution < -0.4 is 5.32 Å². The summed E-state index contributed by atoms with van der Waals surface area (Å²) < 4.78 is 0. The highest BCUT2D eigenvalue weighted by molar-refractivity contribution is 6.30. The molecule has 0 saturated heterocycles. The first kappa shape index (κ1) is 14.8. The van der Waals surface area contributed by atoms with Gasteiger partial charge in [0.25, 0.3) is 0 Å². The molecule has 2 rings (SSSR count). The van der Waals surface area contributed by atoms with Crippen LogP contribution in [0.25, 0.3) is 0 Å². The van der Waals surface area contributed by atoms with Crippen LogP contribution in [0.1, 0.15) is 44.8 Å². The summed E-state index contributed by atoms with van der Waals surface area (Å²) in [7, 11) is 0. The largest absolute Gasteiger partial charge is 0.387 e. The number of halogens is 1. The highest BCUT2D eigenvalue weighted by Crippen LogP contribution is 2.29. The molecule has 0 aliphatic heterocycles. The fraction of sp³-hybridized carbons (Fsp3) is 0.625. The third-order valence-corrected chi connectivity index (χ3v) is 4.79. The summed E-state index contributed by atoms with van der Waals surface area (Å²) in [5.74, 6) is 1.46. The lowest BCUT2D eigenvalue weighted by Gasteiger charge is -2.35. The molecule has 2 N–H and O–H groups in total. The van der Waals surface area contributed by atoms with E-state index in [0.717, 1.165) is 11.5 Å². The zero-order chi connectivity index (χ0) is 13.8. The summed E-state index contributed by atoms with van der Waals surface area (Å²) in [6, 6.07) is 7.96. The second-order valence-corrected chi connectivity index (χ2v) is 6.29. The van der Waals surface area contributed by atoms with E-state index < -0.39 is 6.10 Å². The van der Waals surface area contributed by atoms with Crippen LogP contribution in [-0.4, -0.2) is 17.7 Å². The molecule has 106 valence electrons. The molecule has 1 saturated carbocycles. The van der Waals surface area contributed by atoms with Gasteiger partial charge in [0.2, 0.25) is 0 Å². The molecule has 4 unspecified atom stereocenters. The predicted molar refractivity (Wildman–Crippen MR) is 80.4 cm³/mol. The molecular weight excluding hydrogens is 258 g/mol.